The second kappa shape index (κ2) is 5.95. The molecule has 96 valence electrons. The molecule has 0 saturated carbocycles. The van der Waals surface area contributed by atoms with Gasteiger partial charge < -0.3 is 11.1 Å². The van der Waals surface area contributed by atoms with E-state index in [1.54, 1.807) is 6.07 Å². The minimum absolute atomic E-state index is 0.0367. The number of primary amides is 1. The number of nitrogens with two attached hydrogens (primary N) is 1. The Morgan fingerprint density at radius 1 is 1.50 bits per heavy atom. The number of nitrogens with one attached hydrogen (secondary N) is 2. The summed E-state index contributed by atoms with van der Waals surface area (Å²) in [6.07, 6.45) is 1.33. The van der Waals surface area contributed by atoms with Crippen LogP contribution in [0.5, 0.6) is 0 Å². The molecule has 0 bridgehead atoms. The fourth-order valence-corrected chi connectivity index (χ4v) is 2.28. The topological polar surface area (TPSA) is 138 Å². The lowest BCUT2D eigenvalue weighted by molar-refractivity contribution is 0.249. The van der Waals surface area contributed by atoms with E-state index >= 15 is 0 Å². The number of hydrogen-bond acceptors (Lipinski definition) is 5. The Labute approximate surface area is 104 Å². The predicted octanol–water partition coefficient (Wildman–Crippen LogP) is -1.10. The summed E-state index contributed by atoms with van der Waals surface area (Å²) >= 11 is 0. The maximum atomic E-state index is 11.8. The minimum atomic E-state index is -3.83. The Bertz CT molecular complexity index is 578. The smallest absolute Gasteiger partial charge is 0.312 e. The molecule has 9 heteroatoms. The highest BCUT2D eigenvalue weighted by Crippen LogP contribution is 2.10. The van der Waals surface area contributed by atoms with Gasteiger partial charge in [-0.3, -0.25) is 0 Å². The van der Waals surface area contributed by atoms with Crippen molar-refractivity contribution in [3.8, 4) is 6.07 Å². The van der Waals surface area contributed by atoms with Crippen molar-refractivity contribution in [1.29, 1.82) is 5.26 Å². The molecule has 0 aliphatic heterocycles. The zero-order chi connectivity index (χ0) is 13.6. The maximum Gasteiger partial charge on any atom is 0.312 e. The Morgan fingerprint density at radius 2 is 2.22 bits per heavy atom. The number of nitrogens with zero attached hydrogens (tertiary/aromatic N) is 2. The molecule has 0 fully saturated rings. The summed E-state index contributed by atoms with van der Waals surface area (Å²) in [6, 6.07) is 3.63. The van der Waals surface area contributed by atoms with Gasteiger partial charge in [0.1, 0.15) is 11.0 Å². The van der Waals surface area contributed by atoms with Crippen LogP contribution in [0.3, 0.4) is 0 Å². The fourth-order valence-electron chi connectivity index (χ4n) is 1.14. The van der Waals surface area contributed by atoms with Crippen molar-refractivity contribution in [2.45, 2.75) is 4.90 Å². The van der Waals surface area contributed by atoms with Gasteiger partial charge in [0.25, 0.3) is 0 Å². The van der Waals surface area contributed by atoms with Crippen LogP contribution in [0.4, 0.5) is 4.79 Å². The van der Waals surface area contributed by atoms with E-state index in [0.29, 0.717) is 0 Å². The first-order chi connectivity index (χ1) is 8.47. The van der Waals surface area contributed by atoms with Crippen LogP contribution in [0, 0.1) is 11.3 Å². The van der Waals surface area contributed by atoms with Crippen molar-refractivity contribution in [1.82, 2.24) is 15.0 Å². The van der Waals surface area contributed by atoms with Crippen molar-refractivity contribution in [2.24, 2.45) is 5.73 Å². The molecule has 1 heterocycles. The average molecular weight is 269 g/mol. The maximum absolute atomic E-state index is 11.8. The van der Waals surface area contributed by atoms with Gasteiger partial charge in [0.15, 0.2) is 5.69 Å². The van der Waals surface area contributed by atoms with E-state index < -0.39 is 16.1 Å². The number of amides is 2. The van der Waals surface area contributed by atoms with Gasteiger partial charge in [0, 0.05) is 19.3 Å². The number of aromatic nitrogens is 1. The van der Waals surface area contributed by atoms with Gasteiger partial charge in [-0.1, -0.05) is 0 Å². The fraction of sp³-hybridized carbons (Fsp3) is 0.222. The van der Waals surface area contributed by atoms with E-state index in [9.17, 15) is 13.2 Å². The van der Waals surface area contributed by atoms with E-state index in [2.05, 4.69) is 15.0 Å². The largest absolute Gasteiger partial charge is 0.352 e. The van der Waals surface area contributed by atoms with Crippen LogP contribution in [0.1, 0.15) is 5.69 Å². The number of sulfonamides is 1. The first-order valence-corrected chi connectivity index (χ1v) is 6.34. The lowest BCUT2D eigenvalue weighted by atomic mass is 10.4. The highest BCUT2D eigenvalue weighted by molar-refractivity contribution is 7.89. The van der Waals surface area contributed by atoms with E-state index in [1.807, 2.05) is 0 Å². The van der Waals surface area contributed by atoms with Crippen LogP contribution in [-0.4, -0.2) is 32.5 Å². The van der Waals surface area contributed by atoms with E-state index in [-0.39, 0.29) is 23.7 Å². The molecule has 0 aliphatic carbocycles. The molecule has 4 N–H and O–H groups in total. The standard InChI is InChI=1S/C9H11N5O3S/c10-6-7-8(2-1-3-12-7)18(16,17)14-5-4-13-9(11)15/h1-3,14H,4-5H2,(H3,11,13,15). The summed E-state index contributed by atoms with van der Waals surface area (Å²) in [5, 5.41) is 11.0. The van der Waals surface area contributed by atoms with Crippen LogP contribution in [0.2, 0.25) is 0 Å². The third-order valence-electron chi connectivity index (χ3n) is 1.88. The number of hydrogen-bond donors (Lipinski definition) is 3. The summed E-state index contributed by atoms with van der Waals surface area (Å²) in [5.74, 6) is 0. The molecule has 0 saturated heterocycles. The van der Waals surface area contributed by atoms with Crippen LogP contribution >= 0.6 is 0 Å². The van der Waals surface area contributed by atoms with E-state index in [4.69, 9.17) is 11.0 Å². The molecular weight excluding hydrogens is 258 g/mol. The summed E-state index contributed by atoms with van der Waals surface area (Å²) in [4.78, 5) is 13.8. The molecular formula is C9H11N5O3S. The summed E-state index contributed by atoms with van der Waals surface area (Å²) < 4.78 is 25.8. The lowest BCUT2D eigenvalue weighted by Crippen LogP contribution is -2.37. The van der Waals surface area contributed by atoms with Crippen LogP contribution in [-0.2, 0) is 10.0 Å². The monoisotopic (exact) mass is 269 g/mol. The SMILES string of the molecule is N#Cc1ncccc1S(=O)(=O)NCCNC(N)=O. The average Bonchev–Trinajstić information content (AvgIpc) is 2.34. The summed E-state index contributed by atoms with van der Waals surface area (Å²) in [6.45, 7) is 0.0156. The highest BCUT2D eigenvalue weighted by atomic mass is 32.2. The number of rotatable bonds is 5. The molecule has 0 aromatic carbocycles. The van der Waals surface area contributed by atoms with E-state index in [1.165, 1.54) is 18.3 Å². The molecule has 0 atom stereocenters. The number of carbonyl (C=O) groups excluding carboxylic acids is 1. The minimum Gasteiger partial charge on any atom is -0.352 e. The Hall–Kier alpha value is -2.18. The molecule has 1 aromatic rings. The third kappa shape index (κ3) is 3.69. The Kier molecular flexibility index (Phi) is 4.59. The molecule has 18 heavy (non-hydrogen) atoms. The normalized spacial score (nSPS) is 10.6. The van der Waals surface area contributed by atoms with Gasteiger partial charge in [0.05, 0.1) is 0 Å². The van der Waals surface area contributed by atoms with E-state index in [0.717, 1.165) is 0 Å². The van der Waals surface area contributed by atoms with Gasteiger partial charge in [-0.05, 0) is 12.1 Å². The first-order valence-electron chi connectivity index (χ1n) is 4.85. The number of carbonyl (C=O) groups is 1. The van der Waals surface area contributed by atoms with Gasteiger partial charge in [0.2, 0.25) is 10.0 Å². The number of pyridine rings is 1. The van der Waals surface area contributed by atoms with Crippen LogP contribution < -0.4 is 15.8 Å². The zero-order valence-electron chi connectivity index (χ0n) is 9.25. The number of urea groups is 1. The van der Waals surface area contributed by atoms with Gasteiger partial charge in [-0.25, -0.2) is 22.9 Å². The summed E-state index contributed by atoms with van der Waals surface area (Å²) in [5.41, 5.74) is 4.63. The molecule has 0 unspecified atom stereocenters. The van der Waals surface area contributed by atoms with Gasteiger partial charge >= 0.3 is 6.03 Å². The van der Waals surface area contributed by atoms with Crippen molar-refractivity contribution in [3.05, 3.63) is 24.0 Å². The number of nitriles is 1. The van der Waals surface area contributed by atoms with Crippen molar-refractivity contribution < 1.29 is 13.2 Å². The third-order valence-corrected chi connectivity index (χ3v) is 3.38. The Morgan fingerprint density at radius 3 is 2.83 bits per heavy atom. The second-order valence-corrected chi connectivity index (χ2v) is 4.89. The van der Waals surface area contributed by atoms with Crippen molar-refractivity contribution >= 4 is 16.1 Å². The molecule has 8 nitrogen and oxygen atoms in total. The van der Waals surface area contributed by atoms with Crippen molar-refractivity contribution in [3.63, 3.8) is 0 Å². The van der Waals surface area contributed by atoms with Crippen molar-refractivity contribution in [2.75, 3.05) is 13.1 Å². The molecule has 2 amide bonds. The molecule has 0 aliphatic rings. The highest BCUT2D eigenvalue weighted by Gasteiger charge is 2.18. The van der Waals surface area contributed by atoms with Gasteiger partial charge in [-0.2, -0.15) is 5.26 Å². The second-order valence-electron chi connectivity index (χ2n) is 3.15. The van der Waals surface area contributed by atoms with Crippen LogP contribution in [0.25, 0.3) is 0 Å². The molecule has 0 spiro atoms. The molecule has 0 radical (unpaired) electrons. The zero-order valence-corrected chi connectivity index (χ0v) is 10.1. The lowest BCUT2D eigenvalue weighted by Gasteiger charge is -2.07. The Balaban J connectivity index is 2.75. The predicted molar refractivity (Wildman–Crippen MR) is 61.7 cm³/mol. The molecule has 1 rings (SSSR count). The quantitative estimate of drug-likeness (QED) is 0.582. The van der Waals surface area contributed by atoms with Crippen LogP contribution in [0.15, 0.2) is 23.2 Å². The first kappa shape index (κ1) is 13.9. The molecule has 1 aromatic heterocycles. The summed E-state index contributed by atoms with van der Waals surface area (Å²) in [7, 11) is -3.83. The van der Waals surface area contributed by atoms with Gasteiger partial charge in [-0.15, -0.1) is 0 Å².